The van der Waals surface area contributed by atoms with E-state index in [1.54, 1.807) is 18.2 Å². The average molecular weight is 421 g/mol. The molecule has 0 saturated heterocycles. The molecule has 0 fully saturated rings. The summed E-state index contributed by atoms with van der Waals surface area (Å²) in [5, 5.41) is 9.09. The Bertz CT molecular complexity index is 778. The Morgan fingerprint density at radius 1 is 1.29 bits per heavy atom. The smallest absolute Gasteiger partial charge is 0.262 e. The van der Waals surface area contributed by atoms with Crippen LogP contribution in [0.25, 0.3) is 0 Å². The third-order valence-corrected chi connectivity index (χ3v) is 5.08. The topological polar surface area (TPSA) is 66.4 Å². The van der Waals surface area contributed by atoms with E-state index in [1.807, 2.05) is 6.07 Å². The van der Waals surface area contributed by atoms with Crippen molar-refractivity contribution in [3.8, 4) is 0 Å². The SMILES string of the molecule is Cc1c(F)cc(CO)cc1S(=O)(=O)Nc1cccc(I)c1. The third kappa shape index (κ3) is 3.72. The number of benzene rings is 2. The molecule has 0 unspecified atom stereocenters. The predicted molar refractivity (Wildman–Crippen MR) is 87.0 cm³/mol. The van der Waals surface area contributed by atoms with Gasteiger partial charge in [0.1, 0.15) is 5.82 Å². The molecule has 0 saturated carbocycles. The highest BCUT2D eigenvalue weighted by atomic mass is 127. The van der Waals surface area contributed by atoms with Crippen molar-refractivity contribution in [3.05, 3.63) is 56.9 Å². The van der Waals surface area contributed by atoms with Gasteiger partial charge in [-0.1, -0.05) is 6.07 Å². The van der Waals surface area contributed by atoms with Gasteiger partial charge in [-0.15, -0.1) is 0 Å². The van der Waals surface area contributed by atoms with Crippen LogP contribution in [-0.4, -0.2) is 13.5 Å². The zero-order valence-corrected chi connectivity index (χ0v) is 14.1. The number of anilines is 1. The standard InChI is InChI=1S/C14H13FINO3S/c1-9-13(15)5-10(8-18)6-14(9)21(19,20)17-12-4-2-3-11(16)7-12/h2-7,17-18H,8H2,1H3. The Hall–Kier alpha value is -1.19. The van der Waals surface area contributed by atoms with Crippen LogP contribution >= 0.6 is 22.6 Å². The average Bonchev–Trinajstić information content (AvgIpc) is 2.41. The molecule has 0 aliphatic heterocycles. The zero-order chi connectivity index (χ0) is 15.6. The third-order valence-electron chi connectivity index (χ3n) is 2.91. The van der Waals surface area contributed by atoms with Crippen molar-refractivity contribution in [2.75, 3.05) is 4.72 Å². The molecule has 2 aromatic carbocycles. The first-order chi connectivity index (χ1) is 9.83. The summed E-state index contributed by atoms with van der Waals surface area (Å²) in [6.07, 6.45) is 0. The van der Waals surface area contributed by atoms with Crippen molar-refractivity contribution in [2.45, 2.75) is 18.4 Å². The molecule has 0 aromatic heterocycles. The van der Waals surface area contributed by atoms with E-state index in [1.165, 1.54) is 13.0 Å². The Morgan fingerprint density at radius 3 is 2.62 bits per heavy atom. The van der Waals surface area contributed by atoms with Crippen LogP contribution in [0, 0.1) is 16.3 Å². The van der Waals surface area contributed by atoms with E-state index in [4.69, 9.17) is 5.11 Å². The van der Waals surface area contributed by atoms with Crippen molar-refractivity contribution >= 4 is 38.3 Å². The van der Waals surface area contributed by atoms with Crippen molar-refractivity contribution in [1.82, 2.24) is 0 Å². The molecule has 0 aliphatic rings. The lowest BCUT2D eigenvalue weighted by atomic mass is 10.1. The van der Waals surface area contributed by atoms with Crippen LogP contribution in [0.4, 0.5) is 10.1 Å². The molecule has 4 nitrogen and oxygen atoms in total. The summed E-state index contributed by atoms with van der Waals surface area (Å²) in [5.74, 6) is -0.662. The molecule has 112 valence electrons. The van der Waals surface area contributed by atoms with Crippen LogP contribution in [0.3, 0.4) is 0 Å². The highest BCUT2D eigenvalue weighted by Gasteiger charge is 2.20. The second-order valence-electron chi connectivity index (χ2n) is 4.47. The van der Waals surface area contributed by atoms with E-state index in [-0.39, 0.29) is 16.0 Å². The van der Waals surface area contributed by atoms with Crippen LogP contribution in [0.5, 0.6) is 0 Å². The lowest BCUT2D eigenvalue weighted by Crippen LogP contribution is -2.15. The summed E-state index contributed by atoms with van der Waals surface area (Å²) in [5.41, 5.74) is 0.627. The number of halogens is 2. The van der Waals surface area contributed by atoms with Gasteiger partial charge in [-0.2, -0.15) is 0 Å². The number of hydrogen-bond acceptors (Lipinski definition) is 3. The lowest BCUT2D eigenvalue weighted by molar-refractivity contribution is 0.281. The van der Waals surface area contributed by atoms with E-state index in [0.717, 1.165) is 9.64 Å². The van der Waals surface area contributed by atoms with Crippen LogP contribution in [0.15, 0.2) is 41.3 Å². The summed E-state index contributed by atoms with van der Waals surface area (Å²) in [6, 6.07) is 9.22. The molecule has 0 bridgehead atoms. The van der Waals surface area contributed by atoms with E-state index < -0.39 is 22.4 Å². The maximum atomic E-state index is 13.8. The first kappa shape index (κ1) is 16.2. The molecule has 0 heterocycles. The summed E-state index contributed by atoms with van der Waals surface area (Å²) in [6.45, 7) is 0.961. The molecule has 0 amide bonds. The summed E-state index contributed by atoms with van der Waals surface area (Å²) >= 11 is 2.07. The number of nitrogens with one attached hydrogen (secondary N) is 1. The molecular weight excluding hydrogens is 408 g/mol. The number of aliphatic hydroxyl groups excluding tert-OH is 1. The van der Waals surface area contributed by atoms with Gasteiger partial charge in [0, 0.05) is 14.8 Å². The van der Waals surface area contributed by atoms with Crippen molar-refractivity contribution in [1.29, 1.82) is 0 Å². The predicted octanol–water partition coefficient (Wildman–Crippen LogP) is 3.03. The molecule has 0 atom stereocenters. The molecule has 2 rings (SSSR count). The quantitative estimate of drug-likeness (QED) is 0.747. The molecule has 21 heavy (non-hydrogen) atoms. The number of hydrogen-bond donors (Lipinski definition) is 2. The van der Waals surface area contributed by atoms with E-state index in [9.17, 15) is 12.8 Å². The monoisotopic (exact) mass is 421 g/mol. The molecule has 2 N–H and O–H groups in total. The van der Waals surface area contributed by atoms with Gasteiger partial charge >= 0.3 is 0 Å². The van der Waals surface area contributed by atoms with E-state index >= 15 is 0 Å². The van der Waals surface area contributed by atoms with Crippen LogP contribution < -0.4 is 4.72 Å². The van der Waals surface area contributed by atoms with Crippen LogP contribution in [-0.2, 0) is 16.6 Å². The largest absolute Gasteiger partial charge is 0.392 e. The fourth-order valence-corrected chi connectivity index (χ4v) is 3.74. The van der Waals surface area contributed by atoms with Gasteiger partial charge in [-0.05, 0) is 65.4 Å². The van der Waals surface area contributed by atoms with Crippen molar-refractivity contribution in [2.24, 2.45) is 0 Å². The molecule has 0 aliphatic carbocycles. The molecule has 7 heteroatoms. The van der Waals surface area contributed by atoms with Crippen LogP contribution in [0.1, 0.15) is 11.1 Å². The fraction of sp³-hybridized carbons (Fsp3) is 0.143. The second-order valence-corrected chi connectivity index (χ2v) is 7.37. The van der Waals surface area contributed by atoms with Gasteiger partial charge in [-0.25, -0.2) is 12.8 Å². The number of rotatable bonds is 4. The minimum absolute atomic E-state index is 0.0188. The van der Waals surface area contributed by atoms with Gasteiger partial charge in [0.2, 0.25) is 0 Å². The highest BCUT2D eigenvalue weighted by Crippen LogP contribution is 2.24. The molecule has 2 aromatic rings. The van der Waals surface area contributed by atoms with E-state index in [0.29, 0.717) is 5.69 Å². The summed E-state index contributed by atoms with van der Waals surface area (Å²) in [7, 11) is -3.92. The normalized spacial score (nSPS) is 11.4. The van der Waals surface area contributed by atoms with Gasteiger partial charge in [-0.3, -0.25) is 4.72 Å². The van der Waals surface area contributed by atoms with Crippen LogP contribution in [0.2, 0.25) is 0 Å². The number of sulfonamides is 1. The second kappa shape index (κ2) is 6.29. The zero-order valence-electron chi connectivity index (χ0n) is 11.1. The first-order valence-corrected chi connectivity index (χ1v) is 8.58. The fourth-order valence-electron chi connectivity index (χ4n) is 1.84. The molecule has 0 spiro atoms. The summed E-state index contributed by atoms with van der Waals surface area (Å²) in [4.78, 5) is -0.176. The Kier molecular flexibility index (Phi) is 4.84. The van der Waals surface area contributed by atoms with Gasteiger partial charge < -0.3 is 5.11 Å². The van der Waals surface area contributed by atoms with Gasteiger partial charge in [0.25, 0.3) is 10.0 Å². The first-order valence-electron chi connectivity index (χ1n) is 6.02. The molecule has 0 radical (unpaired) electrons. The Morgan fingerprint density at radius 2 is 2.00 bits per heavy atom. The minimum atomic E-state index is -3.92. The van der Waals surface area contributed by atoms with Crippen molar-refractivity contribution in [3.63, 3.8) is 0 Å². The van der Waals surface area contributed by atoms with Gasteiger partial charge in [0.05, 0.1) is 11.5 Å². The molecular formula is C14H13FINO3S. The van der Waals surface area contributed by atoms with Gasteiger partial charge in [0.15, 0.2) is 0 Å². The lowest BCUT2D eigenvalue weighted by Gasteiger charge is -2.12. The summed E-state index contributed by atoms with van der Waals surface area (Å²) < 4.78 is 41.8. The Balaban J connectivity index is 2.47. The highest BCUT2D eigenvalue weighted by molar-refractivity contribution is 14.1. The maximum absolute atomic E-state index is 13.8. The maximum Gasteiger partial charge on any atom is 0.262 e. The van der Waals surface area contributed by atoms with E-state index in [2.05, 4.69) is 27.3 Å². The minimum Gasteiger partial charge on any atom is -0.392 e. The van der Waals surface area contributed by atoms with Crippen molar-refractivity contribution < 1.29 is 17.9 Å². The number of aliphatic hydroxyl groups is 1. The Labute approximate surface area is 136 Å².